The quantitative estimate of drug-likeness (QED) is 0.516. The Morgan fingerprint density at radius 2 is 1.83 bits per heavy atom. The lowest BCUT2D eigenvalue weighted by atomic mass is 10.0. The summed E-state index contributed by atoms with van der Waals surface area (Å²) in [6, 6.07) is 12.4. The number of fused-ring (bicyclic) bond motifs is 3. The molecule has 0 amide bonds. The highest BCUT2D eigenvalue weighted by Crippen LogP contribution is 2.49. The van der Waals surface area contributed by atoms with Gasteiger partial charge in [0, 0.05) is 12.2 Å². The Morgan fingerprint density at radius 1 is 1.00 bits per heavy atom. The van der Waals surface area contributed by atoms with E-state index in [0.29, 0.717) is 0 Å². The molecule has 2 unspecified atom stereocenters. The number of benzene rings is 1. The van der Waals surface area contributed by atoms with Crippen LogP contribution in [0.15, 0.2) is 52.5 Å². The van der Waals surface area contributed by atoms with E-state index in [0.717, 1.165) is 12.1 Å². The summed E-state index contributed by atoms with van der Waals surface area (Å²) < 4.78 is 6.30. The molecular formula is C21H25NOS. The topological polar surface area (TPSA) is 25.2 Å². The molecule has 1 aromatic carbocycles. The summed E-state index contributed by atoms with van der Waals surface area (Å²) >= 11 is 1.70. The number of hydrogen-bond acceptors (Lipinski definition) is 3. The number of furan rings is 1. The Morgan fingerprint density at radius 3 is 2.58 bits per heavy atom. The third-order valence-corrected chi connectivity index (χ3v) is 6.13. The molecule has 3 heteroatoms. The second-order valence-electron chi connectivity index (χ2n) is 6.94. The van der Waals surface area contributed by atoms with Gasteiger partial charge in [0.05, 0.1) is 11.0 Å². The maximum Gasteiger partial charge on any atom is 0.144 e. The summed E-state index contributed by atoms with van der Waals surface area (Å²) in [6.07, 6.45) is 10.7. The van der Waals surface area contributed by atoms with Crippen molar-refractivity contribution < 1.29 is 4.42 Å². The van der Waals surface area contributed by atoms with Gasteiger partial charge in [-0.05, 0) is 53.8 Å². The molecule has 2 fully saturated rings. The molecule has 0 saturated heterocycles. The van der Waals surface area contributed by atoms with Crippen LogP contribution in [0, 0.1) is 11.8 Å². The molecule has 2 aromatic heterocycles. The fourth-order valence-corrected chi connectivity index (χ4v) is 4.47. The van der Waals surface area contributed by atoms with Gasteiger partial charge in [-0.3, -0.25) is 0 Å². The third-order valence-electron chi connectivity index (χ3n) is 5.27. The predicted molar refractivity (Wildman–Crippen MR) is 103 cm³/mol. The van der Waals surface area contributed by atoms with Crippen LogP contribution in [0.25, 0.3) is 10.3 Å². The average Bonchev–Trinajstić information content (AvgIpc) is 2.98. The van der Waals surface area contributed by atoms with Gasteiger partial charge in [-0.2, -0.15) is 0 Å². The number of para-hydroxylation sites is 1. The van der Waals surface area contributed by atoms with Crippen LogP contribution in [0.2, 0.25) is 0 Å². The molecule has 3 aromatic rings. The highest BCUT2D eigenvalue weighted by molar-refractivity contribution is 7.17. The molecular weight excluding hydrogens is 314 g/mol. The lowest BCUT2D eigenvalue weighted by Gasteiger charge is -2.05. The Kier molecular flexibility index (Phi) is 4.88. The maximum atomic E-state index is 5.07. The molecule has 2 atom stereocenters. The van der Waals surface area contributed by atoms with Crippen molar-refractivity contribution in [1.82, 2.24) is 0 Å². The van der Waals surface area contributed by atoms with Gasteiger partial charge in [0.1, 0.15) is 5.58 Å². The van der Waals surface area contributed by atoms with Crippen molar-refractivity contribution in [2.24, 2.45) is 11.8 Å². The highest BCUT2D eigenvalue weighted by atomic mass is 32.1. The van der Waals surface area contributed by atoms with Gasteiger partial charge in [-0.15, -0.1) is 11.3 Å². The van der Waals surface area contributed by atoms with E-state index in [1.165, 1.54) is 47.0 Å². The standard InChI is InChI=1S/C8H9N.C7H12.C6H4OS/c1-2-4-8-7(3-1)5-6-9-8;1-2-4-7-5-6(7)3-1;1-3-7-5-2-4-8-6(1)5/h1-4,9H,5-6H2;6-7H,1-5H2;1-4H. The Balaban J connectivity index is 0.0000000918. The molecule has 2 aliphatic carbocycles. The smallest absolute Gasteiger partial charge is 0.144 e. The van der Waals surface area contributed by atoms with Crippen molar-refractivity contribution in [3.05, 3.63) is 53.6 Å². The van der Waals surface area contributed by atoms with Crippen LogP contribution >= 0.6 is 11.3 Å². The summed E-state index contributed by atoms with van der Waals surface area (Å²) in [5, 5.41) is 5.32. The van der Waals surface area contributed by atoms with Crippen LogP contribution in [-0.2, 0) is 6.42 Å². The van der Waals surface area contributed by atoms with Crippen molar-refractivity contribution in [3.63, 3.8) is 0 Å². The Bertz CT molecular complexity index is 691. The van der Waals surface area contributed by atoms with Crippen LogP contribution in [0.5, 0.6) is 0 Å². The van der Waals surface area contributed by atoms with E-state index < -0.39 is 0 Å². The summed E-state index contributed by atoms with van der Waals surface area (Å²) in [7, 11) is 0. The first-order chi connectivity index (χ1) is 11.9. The van der Waals surface area contributed by atoms with Crippen molar-refractivity contribution in [3.8, 4) is 0 Å². The van der Waals surface area contributed by atoms with Crippen molar-refractivity contribution in [1.29, 1.82) is 0 Å². The molecule has 0 spiro atoms. The summed E-state index contributed by atoms with van der Waals surface area (Å²) in [4.78, 5) is 0. The fourth-order valence-electron chi connectivity index (χ4n) is 3.77. The minimum Gasteiger partial charge on any atom is -0.463 e. The molecule has 1 aliphatic heterocycles. The first-order valence-corrected chi connectivity index (χ1v) is 10.0. The lowest BCUT2D eigenvalue weighted by Crippen LogP contribution is -1.91. The summed E-state index contributed by atoms with van der Waals surface area (Å²) in [6.45, 7) is 1.11. The SMILES string of the molecule is C1CCC2CC2C1.c1cc2sccc2o1.c1ccc2c(c1)CCN2. The van der Waals surface area contributed by atoms with Gasteiger partial charge >= 0.3 is 0 Å². The molecule has 3 heterocycles. The first kappa shape index (κ1) is 15.8. The van der Waals surface area contributed by atoms with E-state index in [1.54, 1.807) is 36.9 Å². The molecule has 2 nitrogen and oxygen atoms in total. The summed E-state index contributed by atoms with van der Waals surface area (Å²) in [5.41, 5.74) is 3.77. The number of thiophene rings is 1. The predicted octanol–water partition coefficient (Wildman–Crippen LogP) is 6.35. The van der Waals surface area contributed by atoms with E-state index >= 15 is 0 Å². The average molecular weight is 340 g/mol. The van der Waals surface area contributed by atoms with Crippen LogP contribution < -0.4 is 5.32 Å². The molecule has 6 rings (SSSR count). The normalized spacial score (nSPS) is 23.0. The van der Waals surface area contributed by atoms with Crippen LogP contribution in [0.1, 0.15) is 37.7 Å². The number of nitrogens with one attached hydrogen (secondary N) is 1. The van der Waals surface area contributed by atoms with Crippen molar-refractivity contribution in [2.75, 3.05) is 11.9 Å². The Labute approximate surface area is 147 Å². The lowest BCUT2D eigenvalue weighted by molar-refractivity contribution is 0.480. The highest BCUT2D eigenvalue weighted by Gasteiger charge is 2.37. The van der Waals surface area contributed by atoms with E-state index in [4.69, 9.17) is 4.42 Å². The third kappa shape index (κ3) is 3.84. The van der Waals surface area contributed by atoms with Crippen molar-refractivity contribution >= 4 is 27.3 Å². The van der Waals surface area contributed by atoms with E-state index in [9.17, 15) is 0 Å². The van der Waals surface area contributed by atoms with Gasteiger partial charge in [0.2, 0.25) is 0 Å². The van der Waals surface area contributed by atoms with E-state index in [-0.39, 0.29) is 0 Å². The van der Waals surface area contributed by atoms with Crippen LogP contribution in [0.4, 0.5) is 5.69 Å². The zero-order valence-corrected chi connectivity index (χ0v) is 14.9. The maximum absolute atomic E-state index is 5.07. The second-order valence-corrected chi connectivity index (χ2v) is 7.89. The van der Waals surface area contributed by atoms with E-state index in [2.05, 4.69) is 29.6 Å². The first-order valence-electron chi connectivity index (χ1n) is 9.12. The molecule has 0 bridgehead atoms. The second kappa shape index (κ2) is 7.43. The molecule has 3 aliphatic rings. The molecule has 1 N–H and O–H groups in total. The number of rotatable bonds is 0. The Hall–Kier alpha value is -1.74. The molecule has 126 valence electrons. The van der Waals surface area contributed by atoms with Gasteiger partial charge in [-0.25, -0.2) is 0 Å². The molecule has 24 heavy (non-hydrogen) atoms. The van der Waals surface area contributed by atoms with Crippen molar-refractivity contribution in [2.45, 2.75) is 38.5 Å². The minimum absolute atomic E-state index is 0.995. The zero-order valence-electron chi connectivity index (χ0n) is 14.0. The van der Waals surface area contributed by atoms with Crippen LogP contribution in [0.3, 0.4) is 0 Å². The minimum atomic E-state index is 0.995. The van der Waals surface area contributed by atoms with Crippen LogP contribution in [-0.4, -0.2) is 6.54 Å². The summed E-state index contributed by atoms with van der Waals surface area (Å²) in [5.74, 6) is 2.41. The largest absolute Gasteiger partial charge is 0.463 e. The monoisotopic (exact) mass is 339 g/mol. The van der Waals surface area contributed by atoms with Gasteiger partial charge in [0.25, 0.3) is 0 Å². The zero-order chi connectivity index (χ0) is 16.2. The molecule has 2 saturated carbocycles. The number of anilines is 1. The van der Waals surface area contributed by atoms with E-state index in [1.807, 2.05) is 17.5 Å². The van der Waals surface area contributed by atoms with Gasteiger partial charge in [0.15, 0.2) is 0 Å². The van der Waals surface area contributed by atoms with Gasteiger partial charge < -0.3 is 9.73 Å². The fraction of sp³-hybridized carbons (Fsp3) is 0.429. The molecule has 0 radical (unpaired) electrons. The number of hydrogen-bond donors (Lipinski definition) is 1. The van der Waals surface area contributed by atoms with Gasteiger partial charge in [-0.1, -0.05) is 43.9 Å².